The van der Waals surface area contributed by atoms with E-state index in [0.717, 1.165) is 12.8 Å². The maximum Gasteiger partial charge on any atom is 0.124 e. The number of ether oxygens (including phenoxy) is 1. The average Bonchev–Trinajstić information content (AvgIpc) is 2.70. The molecule has 28 heavy (non-hydrogen) atoms. The quantitative estimate of drug-likeness (QED) is 0.519. The van der Waals surface area contributed by atoms with Crippen LogP contribution < -0.4 is 0 Å². The number of benzene rings is 2. The molecule has 0 radical (unpaired) electrons. The van der Waals surface area contributed by atoms with Gasteiger partial charge < -0.3 is 20.1 Å². The number of nitrogens with zero attached hydrogens (tertiary/aromatic N) is 2. The summed E-state index contributed by atoms with van der Waals surface area (Å²) in [6.07, 6.45) is 4.83. The lowest BCUT2D eigenvalue weighted by atomic mass is 10.1. The average molecular weight is 384 g/mol. The second-order valence-electron chi connectivity index (χ2n) is 6.53. The largest absolute Gasteiger partial charge is 0.507 e. The van der Waals surface area contributed by atoms with E-state index in [2.05, 4.69) is 9.98 Å². The molecular formula is C22H28N2O4. The SMILES string of the molecule is CC(CCC(CN=Cc1ccccc1O)N=Cc1ccccc1O)OCCO. The number of phenols is 2. The molecule has 0 saturated carbocycles. The fourth-order valence-electron chi connectivity index (χ4n) is 2.63. The summed E-state index contributed by atoms with van der Waals surface area (Å²) in [5.41, 5.74) is 1.31. The van der Waals surface area contributed by atoms with Gasteiger partial charge in [0.1, 0.15) is 11.5 Å². The minimum absolute atomic E-state index is 0.00404. The molecule has 6 heteroatoms. The highest BCUT2D eigenvalue weighted by Crippen LogP contribution is 2.16. The van der Waals surface area contributed by atoms with Crippen LogP contribution in [-0.4, -0.2) is 59.7 Å². The van der Waals surface area contributed by atoms with Crippen LogP contribution in [0.15, 0.2) is 58.5 Å². The molecule has 0 spiro atoms. The van der Waals surface area contributed by atoms with Gasteiger partial charge in [-0.05, 0) is 44.0 Å². The van der Waals surface area contributed by atoms with Gasteiger partial charge in [0, 0.05) is 23.6 Å². The number of rotatable bonds is 11. The van der Waals surface area contributed by atoms with Gasteiger partial charge >= 0.3 is 0 Å². The van der Waals surface area contributed by atoms with E-state index >= 15 is 0 Å². The second kappa shape index (κ2) is 11.9. The molecule has 0 aliphatic carbocycles. The Kier molecular flexibility index (Phi) is 9.18. The molecule has 2 unspecified atom stereocenters. The Morgan fingerprint density at radius 2 is 1.54 bits per heavy atom. The zero-order valence-electron chi connectivity index (χ0n) is 16.1. The van der Waals surface area contributed by atoms with Crippen LogP contribution in [0.3, 0.4) is 0 Å². The van der Waals surface area contributed by atoms with Crippen LogP contribution in [-0.2, 0) is 4.74 Å². The molecule has 150 valence electrons. The Labute approximate surface area is 165 Å². The van der Waals surface area contributed by atoms with Crippen LogP contribution in [0.2, 0.25) is 0 Å². The van der Waals surface area contributed by atoms with Crippen molar-refractivity contribution < 1.29 is 20.1 Å². The van der Waals surface area contributed by atoms with Gasteiger partial charge in [0.25, 0.3) is 0 Å². The lowest BCUT2D eigenvalue weighted by molar-refractivity contribution is 0.0329. The maximum atomic E-state index is 9.90. The molecule has 0 amide bonds. The highest BCUT2D eigenvalue weighted by molar-refractivity contribution is 5.84. The van der Waals surface area contributed by atoms with Crippen molar-refractivity contribution in [3.05, 3.63) is 59.7 Å². The highest BCUT2D eigenvalue weighted by Gasteiger charge is 2.10. The molecule has 2 aromatic rings. The van der Waals surface area contributed by atoms with Crippen molar-refractivity contribution in [2.75, 3.05) is 19.8 Å². The minimum atomic E-state index is -0.0955. The Bertz CT molecular complexity index is 777. The van der Waals surface area contributed by atoms with Crippen molar-refractivity contribution >= 4 is 12.4 Å². The summed E-state index contributed by atoms with van der Waals surface area (Å²) in [6.45, 7) is 2.73. The molecule has 3 N–H and O–H groups in total. The van der Waals surface area contributed by atoms with Crippen molar-refractivity contribution in [2.24, 2.45) is 9.98 Å². The van der Waals surface area contributed by atoms with Crippen LogP contribution in [0.25, 0.3) is 0 Å². The van der Waals surface area contributed by atoms with Crippen LogP contribution in [0.4, 0.5) is 0 Å². The number of aliphatic hydroxyl groups is 1. The van der Waals surface area contributed by atoms with Gasteiger partial charge in [0.05, 0.1) is 31.9 Å². The minimum Gasteiger partial charge on any atom is -0.507 e. The molecule has 0 saturated heterocycles. The predicted octanol–water partition coefficient (Wildman–Crippen LogP) is 3.18. The molecule has 0 heterocycles. The van der Waals surface area contributed by atoms with Crippen molar-refractivity contribution in [3.63, 3.8) is 0 Å². The highest BCUT2D eigenvalue weighted by atomic mass is 16.5. The third-order valence-corrected chi connectivity index (χ3v) is 4.24. The van der Waals surface area contributed by atoms with E-state index in [-0.39, 0.29) is 30.3 Å². The third kappa shape index (κ3) is 7.50. The summed E-state index contributed by atoms with van der Waals surface area (Å²) in [6, 6.07) is 14.0. The Morgan fingerprint density at radius 1 is 0.929 bits per heavy atom. The van der Waals surface area contributed by atoms with E-state index in [1.54, 1.807) is 48.8 Å². The second-order valence-corrected chi connectivity index (χ2v) is 6.53. The molecule has 2 atom stereocenters. The number of aromatic hydroxyl groups is 2. The summed E-state index contributed by atoms with van der Waals surface area (Å²) in [7, 11) is 0. The zero-order valence-corrected chi connectivity index (χ0v) is 16.1. The fraction of sp³-hybridized carbons (Fsp3) is 0.364. The van der Waals surface area contributed by atoms with Crippen molar-refractivity contribution in [3.8, 4) is 11.5 Å². The molecule has 0 fully saturated rings. The number of phenolic OH excluding ortho intramolecular Hbond substituents is 2. The maximum absolute atomic E-state index is 9.90. The Morgan fingerprint density at radius 3 is 2.14 bits per heavy atom. The van der Waals surface area contributed by atoms with Gasteiger partial charge in [-0.15, -0.1) is 0 Å². The van der Waals surface area contributed by atoms with E-state index < -0.39 is 0 Å². The summed E-state index contributed by atoms with van der Waals surface area (Å²) in [5.74, 6) is 0.369. The summed E-state index contributed by atoms with van der Waals surface area (Å²) >= 11 is 0. The first kappa shape index (κ1) is 21.6. The van der Waals surface area contributed by atoms with Gasteiger partial charge in [0.15, 0.2) is 0 Å². The van der Waals surface area contributed by atoms with Gasteiger partial charge in [-0.2, -0.15) is 0 Å². The van der Waals surface area contributed by atoms with Crippen LogP contribution in [0.1, 0.15) is 30.9 Å². The predicted molar refractivity (Wildman–Crippen MR) is 112 cm³/mol. The van der Waals surface area contributed by atoms with E-state index in [0.29, 0.717) is 24.3 Å². The van der Waals surface area contributed by atoms with E-state index in [4.69, 9.17) is 9.84 Å². The van der Waals surface area contributed by atoms with Gasteiger partial charge in [-0.25, -0.2) is 0 Å². The molecule has 6 nitrogen and oxygen atoms in total. The standard InChI is InChI=1S/C22H28N2O4/c1-17(28-13-12-25)10-11-20(24-15-19-7-3-5-9-22(19)27)16-23-14-18-6-2-4-8-21(18)26/h2-9,14-15,17,20,25-27H,10-13,16H2,1H3. The number of hydrogen-bond donors (Lipinski definition) is 3. The Balaban J connectivity index is 2.02. The topological polar surface area (TPSA) is 94.6 Å². The van der Waals surface area contributed by atoms with Crippen molar-refractivity contribution in [1.29, 1.82) is 0 Å². The number of hydrogen-bond acceptors (Lipinski definition) is 6. The smallest absolute Gasteiger partial charge is 0.124 e. The first-order valence-electron chi connectivity index (χ1n) is 9.41. The first-order chi connectivity index (χ1) is 13.6. The van der Waals surface area contributed by atoms with Crippen LogP contribution in [0.5, 0.6) is 11.5 Å². The summed E-state index contributed by atoms with van der Waals surface area (Å²) in [4.78, 5) is 9.03. The molecular weight excluding hydrogens is 356 g/mol. The van der Waals surface area contributed by atoms with Crippen LogP contribution >= 0.6 is 0 Å². The summed E-state index contributed by atoms with van der Waals surface area (Å²) in [5, 5.41) is 28.6. The number of para-hydroxylation sites is 2. The van der Waals surface area contributed by atoms with Crippen molar-refractivity contribution in [1.82, 2.24) is 0 Å². The molecule has 0 bridgehead atoms. The monoisotopic (exact) mass is 384 g/mol. The molecule has 0 aliphatic rings. The lowest BCUT2D eigenvalue weighted by Crippen LogP contribution is -2.17. The van der Waals surface area contributed by atoms with E-state index in [1.165, 1.54) is 0 Å². The van der Waals surface area contributed by atoms with Crippen molar-refractivity contribution in [2.45, 2.75) is 31.9 Å². The number of aliphatic imine (C=N–C) groups is 2. The fourth-order valence-corrected chi connectivity index (χ4v) is 2.63. The molecule has 2 aromatic carbocycles. The summed E-state index contributed by atoms with van der Waals surface area (Å²) < 4.78 is 5.50. The molecule has 2 rings (SSSR count). The van der Waals surface area contributed by atoms with E-state index in [1.807, 2.05) is 19.1 Å². The normalized spacial score (nSPS) is 13.9. The van der Waals surface area contributed by atoms with Gasteiger partial charge in [-0.1, -0.05) is 24.3 Å². The first-order valence-corrected chi connectivity index (χ1v) is 9.41. The zero-order chi connectivity index (χ0) is 20.2. The van der Waals surface area contributed by atoms with Gasteiger partial charge in [-0.3, -0.25) is 9.98 Å². The Hall–Kier alpha value is -2.70. The van der Waals surface area contributed by atoms with E-state index in [9.17, 15) is 10.2 Å². The van der Waals surface area contributed by atoms with Crippen LogP contribution in [0, 0.1) is 0 Å². The molecule has 0 aromatic heterocycles. The van der Waals surface area contributed by atoms with Gasteiger partial charge in [0.2, 0.25) is 0 Å². The molecule has 0 aliphatic heterocycles. The number of aliphatic hydroxyl groups excluding tert-OH is 1. The third-order valence-electron chi connectivity index (χ3n) is 4.24. The lowest BCUT2D eigenvalue weighted by Gasteiger charge is -2.15.